The predicted octanol–water partition coefficient (Wildman–Crippen LogP) is 3.08. The van der Waals surface area contributed by atoms with Crippen LogP contribution in [0, 0.1) is 11.3 Å². The third kappa shape index (κ3) is 6.68. The first-order valence-corrected chi connectivity index (χ1v) is 9.79. The van der Waals surface area contributed by atoms with Crippen molar-refractivity contribution < 1.29 is 14.3 Å². The van der Waals surface area contributed by atoms with Crippen LogP contribution >= 0.6 is 11.8 Å². The minimum absolute atomic E-state index is 0.0337. The largest absolute Gasteiger partial charge is 0.479 e. The van der Waals surface area contributed by atoms with Gasteiger partial charge in [0.05, 0.1) is 0 Å². The molecule has 0 aliphatic heterocycles. The lowest BCUT2D eigenvalue weighted by atomic mass is 10.1. The van der Waals surface area contributed by atoms with Crippen molar-refractivity contribution in [2.24, 2.45) is 0 Å². The fourth-order valence-electron chi connectivity index (χ4n) is 2.32. The van der Waals surface area contributed by atoms with Crippen molar-refractivity contribution in [1.29, 1.82) is 5.26 Å². The van der Waals surface area contributed by atoms with Gasteiger partial charge in [0, 0.05) is 11.3 Å². The molecule has 0 saturated carbocycles. The first-order valence-electron chi connectivity index (χ1n) is 8.39. The molecule has 0 bridgehead atoms. The molecule has 7 heteroatoms. The molecule has 2 rings (SSSR count). The summed E-state index contributed by atoms with van der Waals surface area (Å²) in [5, 5.41) is 14.1. The van der Waals surface area contributed by atoms with Gasteiger partial charge in [-0.1, -0.05) is 18.2 Å². The lowest BCUT2D eigenvalue weighted by molar-refractivity contribution is -0.118. The lowest BCUT2D eigenvalue weighted by Crippen LogP contribution is -2.44. The molecule has 2 aromatic rings. The Kier molecular flexibility index (Phi) is 8.20. The predicted molar refractivity (Wildman–Crippen MR) is 107 cm³/mol. The van der Waals surface area contributed by atoms with Gasteiger partial charge in [-0.15, -0.1) is 0 Å². The molecule has 0 aromatic heterocycles. The van der Waals surface area contributed by atoms with E-state index in [4.69, 9.17) is 10.00 Å². The van der Waals surface area contributed by atoms with E-state index < -0.39 is 6.04 Å². The van der Waals surface area contributed by atoms with Gasteiger partial charge in [0.2, 0.25) is 5.91 Å². The maximum Gasteiger partial charge on any atom is 0.251 e. The standard InChI is InChI=1S/C20H21N3O3S/c1-27-14-11-18(23-19(24)15-5-3-2-4-6-15)20(25)22-16-7-9-17(10-8-16)26-13-12-21/h2-10,18H,11,13-14H2,1H3,(H,22,25)(H,23,24)/t18-/m0/s1. The van der Waals surface area contributed by atoms with E-state index in [0.29, 0.717) is 23.4 Å². The zero-order valence-electron chi connectivity index (χ0n) is 15.0. The van der Waals surface area contributed by atoms with Crippen LogP contribution in [0.15, 0.2) is 54.6 Å². The molecule has 2 aromatic carbocycles. The second-order valence-corrected chi connectivity index (χ2v) is 6.62. The van der Waals surface area contributed by atoms with Crippen molar-refractivity contribution in [2.75, 3.05) is 23.9 Å². The average Bonchev–Trinajstić information content (AvgIpc) is 2.71. The number of hydrogen-bond donors (Lipinski definition) is 2. The molecule has 1 atom stereocenters. The first-order chi connectivity index (χ1) is 13.1. The van der Waals surface area contributed by atoms with Crippen LogP contribution in [0.4, 0.5) is 5.69 Å². The molecule has 0 aliphatic rings. The number of hydrogen-bond acceptors (Lipinski definition) is 5. The van der Waals surface area contributed by atoms with Gasteiger partial charge in [-0.25, -0.2) is 0 Å². The Morgan fingerprint density at radius 2 is 1.85 bits per heavy atom. The highest BCUT2D eigenvalue weighted by Crippen LogP contribution is 2.16. The Balaban J connectivity index is 2.01. The van der Waals surface area contributed by atoms with Gasteiger partial charge in [0.1, 0.15) is 17.9 Å². The zero-order chi connectivity index (χ0) is 19.5. The van der Waals surface area contributed by atoms with Crippen LogP contribution in [-0.4, -0.2) is 36.5 Å². The van der Waals surface area contributed by atoms with Gasteiger partial charge in [-0.2, -0.15) is 17.0 Å². The number of rotatable bonds is 9. The van der Waals surface area contributed by atoms with Crippen LogP contribution in [0.25, 0.3) is 0 Å². The number of nitrogens with zero attached hydrogens (tertiary/aromatic N) is 1. The second-order valence-electron chi connectivity index (χ2n) is 5.63. The Labute approximate surface area is 162 Å². The summed E-state index contributed by atoms with van der Waals surface area (Å²) < 4.78 is 5.18. The maximum absolute atomic E-state index is 12.6. The fourth-order valence-corrected chi connectivity index (χ4v) is 2.79. The van der Waals surface area contributed by atoms with E-state index in [0.717, 1.165) is 5.75 Å². The number of anilines is 1. The van der Waals surface area contributed by atoms with Crippen LogP contribution in [0.2, 0.25) is 0 Å². The topological polar surface area (TPSA) is 91.2 Å². The zero-order valence-corrected chi connectivity index (χ0v) is 15.8. The van der Waals surface area contributed by atoms with E-state index in [1.165, 1.54) is 0 Å². The number of carbonyl (C=O) groups is 2. The Hall–Kier alpha value is -2.98. The highest BCUT2D eigenvalue weighted by molar-refractivity contribution is 7.98. The summed E-state index contributed by atoms with van der Waals surface area (Å²) >= 11 is 1.61. The summed E-state index contributed by atoms with van der Waals surface area (Å²) in [6.07, 6.45) is 2.48. The first kappa shape index (κ1) is 20.3. The number of ether oxygens (including phenoxy) is 1. The molecule has 6 nitrogen and oxygen atoms in total. The van der Waals surface area contributed by atoms with Gasteiger partial charge in [0.25, 0.3) is 5.91 Å². The minimum Gasteiger partial charge on any atom is -0.479 e. The van der Waals surface area contributed by atoms with Gasteiger partial charge >= 0.3 is 0 Å². The Bertz CT molecular complexity index is 788. The Morgan fingerprint density at radius 1 is 1.15 bits per heavy atom. The van der Waals surface area contributed by atoms with Crippen LogP contribution in [0.5, 0.6) is 5.75 Å². The third-order valence-corrected chi connectivity index (χ3v) is 4.34. The lowest BCUT2D eigenvalue weighted by Gasteiger charge is -2.18. The summed E-state index contributed by atoms with van der Waals surface area (Å²) in [7, 11) is 0. The number of amides is 2. The molecule has 2 amide bonds. The van der Waals surface area contributed by atoms with E-state index in [1.54, 1.807) is 60.3 Å². The molecule has 0 aliphatic carbocycles. The van der Waals surface area contributed by atoms with Crippen molar-refractivity contribution in [3.63, 3.8) is 0 Å². The summed E-state index contributed by atoms with van der Waals surface area (Å²) in [6.45, 7) is -0.0337. The smallest absolute Gasteiger partial charge is 0.251 e. The van der Waals surface area contributed by atoms with Crippen LogP contribution in [0.3, 0.4) is 0 Å². The molecular formula is C20H21N3O3S. The van der Waals surface area contributed by atoms with E-state index in [9.17, 15) is 9.59 Å². The number of carbonyl (C=O) groups excluding carboxylic acids is 2. The summed E-state index contributed by atoms with van der Waals surface area (Å²) in [5.41, 5.74) is 1.10. The number of nitrogens with one attached hydrogen (secondary N) is 2. The van der Waals surface area contributed by atoms with Gasteiger partial charge in [0.15, 0.2) is 6.61 Å². The number of thioether (sulfide) groups is 1. The van der Waals surface area contributed by atoms with Crippen molar-refractivity contribution >= 4 is 29.3 Å². The van der Waals surface area contributed by atoms with Crippen LogP contribution in [-0.2, 0) is 4.79 Å². The Morgan fingerprint density at radius 3 is 2.48 bits per heavy atom. The molecule has 0 fully saturated rings. The fraction of sp³-hybridized carbons (Fsp3) is 0.250. The van der Waals surface area contributed by atoms with Crippen LogP contribution < -0.4 is 15.4 Å². The molecule has 0 unspecified atom stereocenters. The molecule has 27 heavy (non-hydrogen) atoms. The van der Waals surface area contributed by atoms with Crippen molar-refractivity contribution in [1.82, 2.24) is 5.32 Å². The molecule has 2 N–H and O–H groups in total. The van der Waals surface area contributed by atoms with Crippen molar-refractivity contribution in [3.05, 3.63) is 60.2 Å². The van der Waals surface area contributed by atoms with E-state index in [2.05, 4.69) is 10.6 Å². The van der Waals surface area contributed by atoms with Gasteiger partial charge < -0.3 is 15.4 Å². The normalized spacial score (nSPS) is 11.1. The van der Waals surface area contributed by atoms with Gasteiger partial charge in [-0.3, -0.25) is 9.59 Å². The summed E-state index contributed by atoms with van der Waals surface area (Å²) in [4.78, 5) is 25.0. The van der Waals surface area contributed by atoms with E-state index in [-0.39, 0.29) is 18.4 Å². The molecule has 0 radical (unpaired) electrons. The van der Waals surface area contributed by atoms with Crippen molar-refractivity contribution in [2.45, 2.75) is 12.5 Å². The molecule has 0 saturated heterocycles. The third-order valence-electron chi connectivity index (χ3n) is 3.69. The van der Waals surface area contributed by atoms with E-state index in [1.807, 2.05) is 18.4 Å². The molecule has 0 spiro atoms. The maximum atomic E-state index is 12.6. The summed E-state index contributed by atoms with van der Waals surface area (Å²) in [6, 6.07) is 16.8. The van der Waals surface area contributed by atoms with Gasteiger partial charge in [-0.05, 0) is 54.8 Å². The van der Waals surface area contributed by atoms with Crippen molar-refractivity contribution in [3.8, 4) is 11.8 Å². The molecular weight excluding hydrogens is 362 g/mol. The number of nitriles is 1. The molecule has 140 valence electrons. The highest BCUT2D eigenvalue weighted by atomic mass is 32.2. The molecule has 0 heterocycles. The second kappa shape index (κ2) is 10.9. The monoisotopic (exact) mass is 383 g/mol. The minimum atomic E-state index is -0.639. The van der Waals surface area contributed by atoms with E-state index >= 15 is 0 Å². The average molecular weight is 383 g/mol. The van der Waals surface area contributed by atoms with Crippen LogP contribution in [0.1, 0.15) is 16.8 Å². The SMILES string of the molecule is CSCC[C@H](NC(=O)c1ccccc1)C(=O)Nc1ccc(OCC#N)cc1. The summed E-state index contributed by atoms with van der Waals surface area (Å²) in [5.74, 6) is 0.732. The number of benzene rings is 2. The quantitative estimate of drug-likeness (QED) is 0.694. The highest BCUT2D eigenvalue weighted by Gasteiger charge is 2.21.